The lowest BCUT2D eigenvalue weighted by Gasteiger charge is -2.12. The molecule has 0 aliphatic rings. The molecular weight excluding hydrogens is 317 g/mol. The van der Waals surface area contributed by atoms with Crippen LogP contribution in [0.3, 0.4) is 0 Å². The number of rotatable bonds is 5. The van der Waals surface area contributed by atoms with Crippen LogP contribution in [0.5, 0.6) is 0 Å². The van der Waals surface area contributed by atoms with E-state index in [-0.39, 0.29) is 20.6 Å². The minimum atomic E-state index is -4.05. The normalized spacial score (nSPS) is 13.2. The number of nitrogens with one attached hydrogen (secondary N) is 1. The summed E-state index contributed by atoms with van der Waals surface area (Å²) >= 11 is 11.5. The first-order valence-corrected chi connectivity index (χ1v) is 7.11. The lowest BCUT2D eigenvalue weighted by atomic mass is 10.3. The monoisotopic (exact) mass is 327 g/mol. The van der Waals surface area contributed by atoms with Gasteiger partial charge in [-0.25, -0.2) is 13.1 Å². The number of amides is 1. The molecule has 0 aromatic heterocycles. The van der Waals surface area contributed by atoms with Crippen molar-refractivity contribution < 1.29 is 18.3 Å². The third-order valence-corrected chi connectivity index (χ3v) is 4.49. The number of carbonyl (C=O) groups excluding carboxylic acids is 1. The van der Waals surface area contributed by atoms with E-state index < -0.39 is 28.6 Å². The third kappa shape index (κ3) is 3.71. The van der Waals surface area contributed by atoms with Crippen molar-refractivity contribution >= 4 is 44.8 Å². The molecule has 1 aromatic carbocycles. The summed E-state index contributed by atoms with van der Waals surface area (Å²) in [5, 5.41) is 8.99. The number of sulfonamides is 1. The molecule has 1 aromatic rings. The fourth-order valence-electron chi connectivity index (χ4n) is 1.12. The number of hydrogen-bond acceptors (Lipinski definition) is 5. The number of hydrogen-bond donors (Lipinski definition) is 4. The van der Waals surface area contributed by atoms with Gasteiger partial charge in [0.15, 0.2) is 0 Å². The highest BCUT2D eigenvalue weighted by Gasteiger charge is 2.22. The number of nitrogen functional groups attached to an aromatic ring is 1. The molecule has 19 heavy (non-hydrogen) atoms. The largest absolute Gasteiger partial charge is 0.396 e. The standard InChI is InChI=1S/C9H11Cl2N3O4S/c10-4-1-2-6(7(11)8(4)12)19(17,18)14-3-5(15)9(13)16/h1-2,5,14-15H,3,12H2,(H2,13,16). The molecule has 0 saturated heterocycles. The first kappa shape index (κ1) is 16.0. The average molecular weight is 328 g/mol. The second-order valence-corrected chi connectivity index (χ2v) is 6.06. The van der Waals surface area contributed by atoms with E-state index in [1.807, 2.05) is 4.72 Å². The van der Waals surface area contributed by atoms with Gasteiger partial charge in [0.1, 0.15) is 11.0 Å². The number of anilines is 1. The maximum absolute atomic E-state index is 11.9. The quantitative estimate of drug-likeness (QED) is 0.550. The van der Waals surface area contributed by atoms with Gasteiger partial charge in [-0.1, -0.05) is 23.2 Å². The Kier molecular flexibility index (Phi) is 4.99. The second kappa shape index (κ2) is 5.93. The van der Waals surface area contributed by atoms with Crippen LogP contribution in [0.2, 0.25) is 10.0 Å². The molecule has 1 amide bonds. The van der Waals surface area contributed by atoms with Crippen molar-refractivity contribution in [2.75, 3.05) is 12.3 Å². The van der Waals surface area contributed by atoms with Crippen LogP contribution in [0, 0.1) is 0 Å². The number of aliphatic hydroxyl groups excluding tert-OH is 1. The zero-order chi connectivity index (χ0) is 14.8. The van der Waals surface area contributed by atoms with E-state index in [2.05, 4.69) is 0 Å². The van der Waals surface area contributed by atoms with Crippen molar-refractivity contribution in [2.24, 2.45) is 5.73 Å². The molecule has 0 spiro atoms. The minimum absolute atomic E-state index is 0.0818. The van der Waals surface area contributed by atoms with E-state index in [1.54, 1.807) is 0 Å². The lowest BCUT2D eigenvalue weighted by Crippen LogP contribution is -2.40. The number of nitrogens with two attached hydrogens (primary N) is 2. The van der Waals surface area contributed by atoms with Gasteiger partial charge in [-0.15, -0.1) is 0 Å². The van der Waals surface area contributed by atoms with Crippen molar-refractivity contribution in [1.29, 1.82) is 0 Å². The Morgan fingerprint density at radius 1 is 1.42 bits per heavy atom. The summed E-state index contributed by atoms with van der Waals surface area (Å²) in [6, 6.07) is 2.42. The Labute approximate surface area is 119 Å². The third-order valence-electron chi connectivity index (χ3n) is 2.18. The summed E-state index contributed by atoms with van der Waals surface area (Å²) in [4.78, 5) is 10.3. The van der Waals surface area contributed by atoms with Crippen LogP contribution in [-0.4, -0.2) is 32.1 Å². The van der Waals surface area contributed by atoms with Crippen LogP contribution in [0.25, 0.3) is 0 Å². The van der Waals surface area contributed by atoms with Crippen molar-refractivity contribution in [1.82, 2.24) is 4.72 Å². The van der Waals surface area contributed by atoms with Crippen LogP contribution in [0.1, 0.15) is 0 Å². The lowest BCUT2D eigenvalue weighted by molar-refractivity contribution is -0.125. The Hall–Kier alpha value is -1.06. The summed E-state index contributed by atoms with van der Waals surface area (Å²) in [5.41, 5.74) is 10.2. The Bertz CT molecular complexity index is 606. The molecule has 1 atom stereocenters. The molecule has 7 nitrogen and oxygen atoms in total. The van der Waals surface area contributed by atoms with Gasteiger partial charge < -0.3 is 16.6 Å². The zero-order valence-electron chi connectivity index (χ0n) is 9.43. The smallest absolute Gasteiger partial charge is 0.247 e. The molecule has 10 heteroatoms. The van der Waals surface area contributed by atoms with Crippen LogP contribution < -0.4 is 16.2 Å². The molecule has 0 aliphatic carbocycles. The summed E-state index contributed by atoms with van der Waals surface area (Å²) in [6.45, 7) is -0.573. The maximum atomic E-state index is 11.9. The van der Waals surface area contributed by atoms with E-state index in [0.717, 1.165) is 6.07 Å². The average Bonchev–Trinajstić information content (AvgIpc) is 2.32. The van der Waals surface area contributed by atoms with Gasteiger partial charge in [0, 0.05) is 6.54 Å². The fourth-order valence-corrected chi connectivity index (χ4v) is 2.93. The molecule has 0 saturated carbocycles. The number of aliphatic hydroxyl groups is 1. The molecule has 0 heterocycles. The summed E-state index contributed by atoms with van der Waals surface area (Å²) < 4.78 is 25.8. The highest BCUT2D eigenvalue weighted by molar-refractivity contribution is 7.89. The van der Waals surface area contributed by atoms with Gasteiger partial charge in [-0.05, 0) is 12.1 Å². The highest BCUT2D eigenvalue weighted by atomic mass is 35.5. The van der Waals surface area contributed by atoms with Crippen molar-refractivity contribution in [3.05, 3.63) is 22.2 Å². The molecule has 106 valence electrons. The number of benzene rings is 1. The van der Waals surface area contributed by atoms with Gasteiger partial charge in [0.2, 0.25) is 15.9 Å². The fraction of sp³-hybridized carbons (Fsp3) is 0.222. The van der Waals surface area contributed by atoms with Crippen molar-refractivity contribution in [2.45, 2.75) is 11.0 Å². The summed E-state index contributed by atoms with van der Waals surface area (Å²) in [5.74, 6) is -1.05. The molecule has 0 bridgehead atoms. The molecule has 1 rings (SSSR count). The van der Waals surface area contributed by atoms with Crippen molar-refractivity contribution in [3.63, 3.8) is 0 Å². The highest BCUT2D eigenvalue weighted by Crippen LogP contribution is 2.32. The first-order chi connectivity index (χ1) is 8.66. The minimum Gasteiger partial charge on any atom is -0.396 e. The maximum Gasteiger partial charge on any atom is 0.247 e. The van der Waals surface area contributed by atoms with E-state index in [1.165, 1.54) is 6.07 Å². The number of carbonyl (C=O) groups is 1. The van der Waals surface area contributed by atoms with Gasteiger partial charge >= 0.3 is 0 Å². The number of halogens is 2. The first-order valence-electron chi connectivity index (χ1n) is 4.87. The SMILES string of the molecule is NC(=O)C(O)CNS(=O)(=O)c1ccc(Cl)c(N)c1Cl. The van der Waals surface area contributed by atoms with E-state index in [4.69, 9.17) is 39.8 Å². The number of primary amides is 1. The van der Waals surface area contributed by atoms with Crippen LogP contribution >= 0.6 is 23.2 Å². The zero-order valence-corrected chi connectivity index (χ0v) is 11.8. The summed E-state index contributed by atoms with van der Waals surface area (Å²) in [6.07, 6.45) is -1.64. The molecule has 0 aliphatic heterocycles. The van der Waals surface area contributed by atoms with Gasteiger partial charge in [0.25, 0.3) is 0 Å². The Morgan fingerprint density at radius 3 is 2.53 bits per heavy atom. The molecule has 6 N–H and O–H groups in total. The van der Waals surface area contributed by atoms with Gasteiger partial charge in [-0.2, -0.15) is 0 Å². The Balaban J connectivity index is 3.02. The molecule has 0 radical (unpaired) electrons. The predicted molar refractivity (Wildman–Crippen MR) is 71.3 cm³/mol. The summed E-state index contributed by atoms with van der Waals surface area (Å²) in [7, 11) is -4.05. The van der Waals surface area contributed by atoms with E-state index >= 15 is 0 Å². The van der Waals surface area contributed by atoms with Crippen LogP contribution in [-0.2, 0) is 14.8 Å². The van der Waals surface area contributed by atoms with E-state index in [9.17, 15) is 13.2 Å². The predicted octanol–water partition coefficient (Wildman–Crippen LogP) is -0.300. The van der Waals surface area contributed by atoms with Gasteiger partial charge in [-0.3, -0.25) is 4.79 Å². The second-order valence-electron chi connectivity index (χ2n) is 3.54. The van der Waals surface area contributed by atoms with Gasteiger partial charge in [0.05, 0.1) is 15.7 Å². The van der Waals surface area contributed by atoms with Crippen LogP contribution in [0.4, 0.5) is 5.69 Å². The van der Waals surface area contributed by atoms with E-state index in [0.29, 0.717) is 0 Å². The Morgan fingerprint density at radius 2 is 2.00 bits per heavy atom. The van der Waals surface area contributed by atoms with Crippen molar-refractivity contribution in [3.8, 4) is 0 Å². The molecular formula is C9H11Cl2N3O4S. The van der Waals surface area contributed by atoms with Crippen LogP contribution in [0.15, 0.2) is 17.0 Å². The molecule has 0 fully saturated rings. The topological polar surface area (TPSA) is 136 Å². The molecule has 1 unspecified atom stereocenters.